The average Bonchev–Trinajstić information content (AvgIpc) is 3.06. The van der Waals surface area contributed by atoms with Gasteiger partial charge in [0, 0.05) is 20.2 Å². The monoisotopic (exact) mass is 288 g/mol. The molecule has 0 bridgehead atoms. The second kappa shape index (κ2) is 6.47. The summed E-state index contributed by atoms with van der Waals surface area (Å²) in [5, 5.41) is 0. The summed E-state index contributed by atoms with van der Waals surface area (Å²) in [7, 11) is 1.85. The van der Waals surface area contributed by atoms with E-state index < -0.39 is 0 Å². The molecule has 3 rings (SSSR count). The van der Waals surface area contributed by atoms with Gasteiger partial charge in [-0.15, -0.1) is 0 Å². The number of nitrogens with two attached hydrogens (primary N) is 1. The first-order valence-electron chi connectivity index (χ1n) is 8.33. The minimum absolute atomic E-state index is 0.0660. The fraction of sp³-hybridized carbons (Fsp3) is 0.667. The van der Waals surface area contributed by atoms with Gasteiger partial charge in [-0.05, 0) is 37.3 Å². The standard InChI is InChI=1S/C18H28N2O/c1-21-17-9-5-6-11-18(17,14-19)20-12-10-16(13-20)15-7-3-2-4-8-15/h2-4,7-8,16-17H,5-6,9-14,19H2,1H3. The Morgan fingerprint density at radius 2 is 2.05 bits per heavy atom. The van der Waals surface area contributed by atoms with Crippen molar-refractivity contribution in [2.24, 2.45) is 5.73 Å². The molecule has 0 radical (unpaired) electrons. The van der Waals surface area contributed by atoms with E-state index in [-0.39, 0.29) is 5.54 Å². The molecule has 3 unspecified atom stereocenters. The summed E-state index contributed by atoms with van der Waals surface area (Å²) in [4.78, 5) is 2.64. The fourth-order valence-electron chi connectivity index (χ4n) is 4.41. The summed E-state index contributed by atoms with van der Waals surface area (Å²) in [6.07, 6.45) is 6.43. The van der Waals surface area contributed by atoms with E-state index in [2.05, 4.69) is 35.2 Å². The van der Waals surface area contributed by atoms with E-state index in [0.717, 1.165) is 19.5 Å². The zero-order valence-corrected chi connectivity index (χ0v) is 13.1. The minimum atomic E-state index is 0.0660. The molecule has 3 heteroatoms. The van der Waals surface area contributed by atoms with Crippen LogP contribution >= 0.6 is 0 Å². The first kappa shape index (κ1) is 15.0. The maximum Gasteiger partial charge on any atom is 0.0767 e. The van der Waals surface area contributed by atoms with Crippen molar-refractivity contribution in [2.45, 2.75) is 49.7 Å². The molecular formula is C18H28N2O. The quantitative estimate of drug-likeness (QED) is 0.926. The van der Waals surface area contributed by atoms with E-state index in [4.69, 9.17) is 10.5 Å². The van der Waals surface area contributed by atoms with Gasteiger partial charge in [0.2, 0.25) is 0 Å². The Kier molecular flexibility index (Phi) is 4.63. The molecule has 1 aromatic carbocycles. The number of hydrogen-bond acceptors (Lipinski definition) is 3. The van der Waals surface area contributed by atoms with Gasteiger partial charge in [0.15, 0.2) is 0 Å². The zero-order valence-electron chi connectivity index (χ0n) is 13.1. The molecule has 0 spiro atoms. The molecule has 1 saturated carbocycles. The molecule has 1 saturated heterocycles. The Morgan fingerprint density at radius 3 is 2.76 bits per heavy atom. The van der Waals surface area contributed by atoms with Crippen LogP contribution in [0.4, 0.5) is 0 Å². The maximum atomic E-state index is 6.25. The Morgan fingerprint density at radius 1 is 1.24 bits per heavy atom. The lowest BCUT2D eigenvalue weighted by Crippen LogP contribution is -2.62. The van der Waals surface area contributed by atoms with E-state index in [1.807, 2.05) is 7.11 Å². The highest BCUT2D eigenvalue weighted by Gasteiger charge is 2.47. The Labute approximate surface area is 128 Å². The van der Waals surface area contributed by atoms with Crippen LogP contribution < -0.4 is 5.73 Å². The Bertz CT molecular complexity index is 450. The number of methoxy groups -OCH3 is 1. The average molecular weight is 288 g/mol. The van der Waals surface area contributed by atoms with Crippen LogP contribution in [-0.2, 0) is 4.74 Å². The molecule has 2 fully saturated rings. The van der Waals surface area contributed by atoms with Gasteiger partial charge in [0.25, 0.3) is 0 Å². The zero-order chi connectivity index (χ0) is 14.7. The number of rotatable bonds is 4. The lowest BCUT2D eigenvalue weighted by Gasteiger charge is -2.49. The predicted octanol–water partition coefficient (Wildman–Crippen LogP) is 2.76. The molecule has 2 aliphatic rings. The van der Waals surface area contributed by atoms with Crippen molar-refractivity contribution in [3.8, 4) is 0 Å². The van der Waals surface area contributed by atoms with Crippen LogP contribution in [0.5, 0.6) is 0 Å². The highest BCUT2D eigenvalue weighted by Crippen LogP contribution is 2.40. The molecule has 1 aliphatic heterocycles. The normalized spacial score (nSPS) is 34.2. The minimum Gasteiger partial charge on any atom is -0.379 e. The fourth-order valence-corrected chi connectivity index (χ4v) is 4.41. The third kappa shape index (κ3) is 2.75. The van der Waals surface area contributed by atoms with Crippen molar-refractivity contribution in [2.75, 3.05) is 26.7 Å². The summed E-state index contributed by atoms with van der Waals surface area (Å²) in [6, 6.07) is 10.9. The summed E-state index contributed by atoms with van der Waals surface area (Å²) >= 11 is 0. The third-order valence-corrected chi connectivity index (χ3v) is 5.65. The van der Waals surface area contributed by atoms with Gasteiger partial charge in [0.1, 0.15) is 0 Å². The molecule has 1 aliphatic carbocycles. The van der Waals surface area contributed by atoms with Crippen molar-refractivity contribution >= 4 is 0 Å². The van der Waals surface area contributed by atoms with Gasteiger partial charge in [-0.1, -0.05) is 43.2 Å². The van der Waals surface area contributed by atoms with Gasteiger partial charge in [-0.2, -0.15) is 0 Å². The van der Waals surface area contributed by atoms with Crippen LogP contribution in [-0.4, -0.2) is 43.3 Å². The van der Waals surface area contributed by atoms with Crippen LogP contribution in [0, 0.1) is 0 Å². The maximum absolute atomic E-state index is 6.25. The Hall–Kier alpha value is -0.900. The van der Waals surface area contributed by atoms with E-state index in [1.165, 1.54) is 31.2 Å². The number of nitrogens with zero attached hydrogens (tertiary/aromatic N) is 1. The third-order valence-electron chi connectivity index (χ3n) is 5.65. The molecule has 2 N–H and O–H groups in total. The van der Waals surface area contributed by atoms with E-state index in [1.54, 1.807) is 0 Å². The van der Waals surface area contributed by atoms with Crippen molar-refractivity contribution in [3.63, 3.8) is 0 Å². The molecule has 1 heterocycles. The first-order chi connectivity index (χ1) is 10.3. The number of ether oxygens (including phenoxy) is 1. The van der Waals surface area contributed by atoms with E-state index in [0.29, 0.717) is 18.6 Å². The van der Waals surface area contributed by atoms with Crippen LogP contribution in [0.25, 0.3) is 0 Å². The van der Waals surface area contributed by atoms with E-state index >= 15 is 0 Å². The number of hydrogen-bond donors (Lipinski definition) is 1. The molecule has 3 nitrogen and oxygen atoms in total. The summed E-state index contributed by atoms with van der Waals surface area (Å²) < 4.78 is 5.83. The second-order valence-electron chi connectivity index (χ2n) is 6.62. The van der Waals surface area contributed by atoms with Crippen LogP contribution in [0.3, 0.4) is 0 Å². The van der Waals surface area contributed by atoms with Gasteiger partial charge in [-0.3, -0.25) is 4.90 Å². The molecule has 21 heavy (non-hydrogen) atoms. The molecule has 3 atom stereocenters. The van der Waals surface area contributed by atoms with Crippen LogP contribution in [0.15, 0.2) is 30.3 Å². The van der Waals surface area contributed by atoms with Crippen molar-refractivity contribution in [3.05, 3.63) is 35.9 Å². The highest BCUT2D eigenvalue weighted by molar-refractivity contribution is 5.22. The van der Waals surface area contributed by atoms with Crippen molar-refractivity contribution in [1.29, 1.82) is 0 Å². The molecule has 0 amide bonds. The van der Waals surface area contributed by atoms with Crippen molar-refractivity contribution in [1.82, 2.24) is 4.90 Å². The van der Waals surface area contributed by atoms with Crippen LogP contribution in [0.2, 0.25) is 0 Å². The van der Waals surface area contributed by atoms with Gasteiger partial charge in [-0.25, -0.2) is 0 Å². The summed E-state index contributed by atoms with van der Waals surface area (Å²) in [5.41, 5.74) is 7.78. The lowest BCUT2D eigenvalue weighted by molar-refractivity contribution is -0.0673. The van der Waals surface area contributed by atoms with Gasteiger partial charge in [0.05, 0.1) is 11.6 Å². The first-order valence-corrected chi connectivity index (χ1v) is 8.33. The number of likely N-dealkylation sites (tertiary alicyclic amines) is 1. The summed E-state index contributed by atoms with van der Waals surface area (Å²) in [5.74, 6) is 0.647. The lowest BCUT2D eigenvalue weighted by atomic mass is 9.77. The molecular weight excluding hydrogens is 260 g/mol. The molecule has 0 aromatic heterocycles. The predicted molar refractivity (Wildman–Crippen MR) is 86.4 cm³/mol. The smallest absolute Gasteiger partial charge is 0.0767 e. The van der Waals surface area contributed by atoms with E-state index in [9.17, 15) is 0 Å². The largest absolute Gasteiger partial charge is 0.379 e. The topological polar surface area (TPSA) is 38.5 Å². The number of benzene rings is 1. The van der Waals surface area contributed by atoms with Crippen molar-refractivity contribution < 1.29 is 4.74 Å². The highest BCUT2D eigenvalue weighted by atomic mass is 16.5. The van der Waals surface area contributed by atoms with Gasteiger partial charge < -0.3 is 10.5 Å². The Balaban J connectivity index is 1.77. The SMILES string of the molecule is COC1CCCCC1(CN)N1CCC(c2ccccc2)C1. The van der Waals surface area contributed by atoms with Crippen LogP contribution in [0.1, 0.15) is 43.6 Å². The second-order valence-corrected chi connectivity index (χ2v) is 6.62. The summed E-state index contributed by atoms with van der Waals surface area (Å²) in [6.45, 7) is 2.99. The molecule has 116 valence electrons. The van der Waals surface area contributed by atoms with Gasteiger partial charge >= 0.3 is 0 Å². The molecule has 1 aromatic rings.